The number of amides is 1. The molecule has 0 aliphatic carbocycles. The first-order valence-electron chi connectivity index (χ1n) is 3.98. The zero-order chi connectivity index (χ0) is 10.6. The Morgan fingerprint density at radius 3 is 2.64 bits per heavy atom. The van der Waals surface area contributed by atoms with E-state index < -0.39 is 11.1 Å². The summed E-state index contributed by atoms with van der Waals surface area (Å²) in [6, 6.07) is 6.62. The van der Waals surface area contributed by atoms with Crippen molar-refractivity contribution in [2.24, 2.45) is 0 Å². The fraction of sp³-hybridized carbons (Fsp3) is 0.222. The van der Waals surface area contributed by atoms with Gasteiger partial charge in [-0.3, -0.25) is 8.98 Å². The van der Waals surface area contributed by atoms with Crippen molar-refractivity contribution in [2.75, 3.05) is 14.2 Å². The highest BCUT2D eigenvalue weighted by Gasteiger charge is 2.13. The molecule has 0 saturated heterocycles. The highest BCUT2D eigenvalue weighted by Crippen LogP contribution is 2.13. The monoisotopic (exact) mass is 213 g/mol. The normalized spacial score (nSPS) is 12.1. The predicted octanol–water partition coefficient (Wildman–Crippen LogP) is 0.715. The second-order valence-corrected chi connectivity index (χ2v) is 3.72. The maximum Gasteiger partial charge on any atom is 0.252 e. The number of hydrogen-bond acceptors (Lipinski definition) is 3. The Balaban J connectivity index is 3.15. The molecule has 1 rings (SSSR count). The Hall–Kier alpha value is -1.20. The minimum absolute atomic E-state index is 0.272. The van der Waals surface area contributed by atoms with Crippen LogP contribution in [0.3, 0.4) is 0 Å². The summed E-state index contributed by atoms with van der Waals surface area (Å²) < 4.78 is 16.0. The second kappa shape index (κ2) is 4.88. The van der Waals surface area contributed by atoms with Gasteiger partial charge in [-0.05, 0) is 12.1 Å². The number of benzene rings is 1. The van der Waals surface area contributed by atoms with E-state index in [2.05, 4.69) is 9.50 Å². The fourth-order valence-electron chi connectivity index (χ4n) is 1.02. The van der Waals surface area contributed by atoms with Crippen LogP contribution in [-0.4, -0.2) is 24.3 Å². The molecule has 4 nitrogen and oxygen atoms in total. The molecule has 1 aromatic rings. The number of carbonyl (C=O) groups is 1. The quantitative estimate of drug-likeness (QED) is 0.804. The van der Waals surface area contributed by atoms with E-state index in [0.717, 1.165) is 0 Å². The van der Waals surface area contributed by atoms with Gasteiger partial charge in [0.2, 0.25) is 0 Å². The van der Waals surface area contributed by atoms with Gasteiger partial charge < -0.3 is 5.32 Å². The minimum atomic E-state index is -1.58. The van der Waals surface area contributed by atoms with Gasteiger partial charge in [-0.15, -0.1) is 0 Å². The van der Waals surface area contributed by atoms with Crippen LogP contribution in [0.15, 0.2) is 29.2 Å². The first kappa shape index (κ1) is 10.9. The molecule has 0 fully saturated rings. The lowest BCUT2D eigenvalue weighted by Crippen LogP contribution is -2.19. The van der Waals surface area contributed by atoms with E-state index in [1.54, 1.807) is 24.3 Å². The molecule has 1 amide bonds. The summed E-state index contributed by atoms with van der Waals surface area (Å²) in [4.78, 5) is 11.7. The molecule has 1 atom stereocenters. The Morgan fingerprint density at radius 1 is 1.43 bits per heavy atom. The van der Waals surface area contributed by atoms with Crippen LogP contribution in [0, 0.1) is 0 Å². The van der Waals surface area contributed by atoms with Gasteiger partial charge in [0, 0.05) is 7.05 Å². The standard InChI is InChI=1S/C9H11NO3S/c1-10-9(11)7-5-3-4-6-8(7)14(12)13-2/h3-6H,1-2H3,(H,10,11). The molecule has 1 N–H and O–H groups in total. The number of rotatable bonds is 3. The molecule has 0 spiro atoms. The molecular formula is C9H11NO3S. The maximum atomic E-state index is 11.4. The van der Waals surface area contributed by atoms with Crippen LogP contribution in [0.5, 0.6) is 0 Å². The van der Waals surface area contributed by atoms with Gasteiger partial charge in [-0.1, -0.05) is 12.1 Å². The van der Waals surface area contributed by atoms with E-state index in [1.165, 1.54) is 14.2 Å². The average molecular weight is 213 g/mol. The average Bonchev–Trinajstić information content (AvgIpc) is 2.27. The largest absolute Gasteiger partial charge is 0.355 e. The number of hydrogen-bond donors (Lipinski definition) is 1. The van der Waals surface area contributed by atoms with Crippen LogP contribution in [0.1, 0.15) is 10.4 Å². The van der Waals surface area contributed by atoms with Gasteiger partial charge in [0.05, 0.1) is 17.6 Å². The third-order valence-electron chi connectivity index (χ3n) is 1.69. The van der Waals surface area contributed by atoms with Gasteiger partial charge in [-0.25, -0.2) is 4.21 Å². The molecule has 0 aromatic heterocycles. The summed E-state index contributed by atoms with van der Waals surface area (Å²) in [6.07, 6.45) is 0. The van der Waals surface area contributed by atoms with Crippen molar-refractivity contribution in [2.45, 2.75) is 4.90 Å². The van der Waals surface area contributed by atoms with Gasteiger partial charge in [0.15, 0.2) is 11.1 Å². The Kier molecular flexibility index (Phi) is 3.79. The lowest BCUT2D eigenvalue weighted by molar-refractivity contribution is 0.0960. The molecule has 0 saturated carbocycles. The minimum Gasteiger partial charge on any atom is -0.355 e. The topological polar surface area (TPSA) is 55.4 Å². The smallest absolute Gasteiger partial charge is 0.252 e. The van der Waals surface area contributed by atoms with Crippen LogP contribution < -0.4 is 5.32 Å². The Morgan fingerprint density at radius 2 is 2.07 bits per heavy atom. The third kappa shape index (κ3) is 2.18. The lowest BCUT2D eigenvalue weighted by atomic mass is 10.2. The number of nitrogens with one attached hydrogen (secondary N) is 1. The summed E-state index contributed by atoms with van der Waals surface area (Å²) in [6.45, 7) is 0. The molecule has 0 radical (unpaired) electrons. The molecule has 1 unspecified atom stereocenters. The Bertz CT molecular complexity index is 330. The summed E-state index contributed by atoms with van der Waals surface area (Å²) >= 11 is -1.58. The molecular weight excluding hydrogens is 202 g/mol. The van der Waals surface area contributed by atoms with Gasteiger partial charge >= 0.3 is 0 Å². The van der Waals surface area contributed by atoms with E-state index in [0.29, 0.717) is 10.5 Å². The van der Waals surface area contributed by atoms with Crippen molar-refractivity contribution in [1.82, 2.24) is 5.32 Å². The summed E-state index contributed by atoms with van der Waals surface area (Å²) in [7, 11) is 2.85. The highest BCUT2D eigenvalue weighted by atomic mass is 32.2. The molecule has 0 aliphatic heterocycles. The van der Waals surface area contributed by atoms with Crippen molar-refractivity contribution in [3.63, 3.8) is 0 Å². The van der Waals surface area contributed by atoms with Crippen molar-refractivity contribution in [1.29, 1.82) is 0 Å². The third-order valence-corrected chi connectivity index (χ3v) is 2.71. The second-order valence-electron chi connectivity index (χ2n) is 2.48. The van der Waals surface area contributed by atoms with Crippen LogP contribution in [-0.2, 0) is 15.3 Å². The highest BCUT2D eigenvalue weighted by molar-refractivity contribution is 7.80. The Labute approximate surface area is 84.9 Å². The van der Waals surface area contributed by atoms with E-state index in [-0.39, 0.29) is 5.91 Å². The van der Waals surface area contributed by atoms with Gasteiger partial charge in [-0.2, -0.15) is 0 Å². The first-order chi connectivity index (χ1) is 6.70. The molecule has 0 bridgehead atoms. The summed E-state index contributed by atoms with van der Waals surface area (Å²) in [5.41, 5.74) is 0.371. The van der Waals surface area contributed by atoms with Crippen LogP contribution in [0.2, 0.25) is 0 Å². The molecule has 14 heavy (non-hydrogen) atoms. The maximum absolute atomic E-state index is 11.4. The van der Waals surface area contributed by atoms with Gasteiger partial charge in [0.25, 0.3) is 5.91 Å². The molecule has 0 aliphatic rings. The van der Waals surface area contributed by atoms with Crippen LogP contribution in [0.4, 0.5) is 0 Å². The zero-order valence-electron chi connectivity index (χ0n) is 7.94. The molecule has 1 aromatic carbocycles. The lowest BCUT2D eigenvalue weighted by Gasteiger charge is -2.05. The van der Waals surface area contributed by atoms with Crippen molar-refractivity contribution in [3.8, 4) is 0 Å². The number of carbonyl (C=O) groups excluding carboxylic acids is 1. The predicted molar refractivity (Wildman–Crippen MR) is 53.2 cm³/mol. The van der Waals surface area contributed by atoms with Crippen molar-refractivity contribution >= 4 is 17.0 Å². The van der Waals surface area contributed by atoms with E-state index in [9.17, 15) is 9.00 Å². The SMILES string of the molecule is CNC(=O)c1ccccc1S(=O)OC. The molecule has 5 heteroatoms. The first-order valence-corrected chi connectivity index (χ1v) is 5.05. The van der Waals surface area contributed by atoms with Crippen molar-refractivity contribution < 1.29 is 13.2 Å². The van der Waals surface area contributed by atoms with Crippen LogP contribution in [0.25, 0.3) is 0 Å². The van der Waals surface area contributed by atoms with E-state index in [1.807, 2.05) is 0 Å². The van der Waals surface area contributed by atoms with Gasteiger partial charge in [0.1, 0.15) is 0 Å². The summed E-state index contributed by atoms with van der Waals surface area (Å²) in [5, 5.41) is 2.47. The van der Waals surface area contributed by atoms with E-state index >= 15 is 0 Å². The van der Waals surface area contributed by atoms with E-state index in [4.69, 9.17) is 0 Å². The molecule has 0 heterocycles. The van der Waals surface area contributed by atoms with Crippen LogP contribution >= 0.6 is 0 Å². The molecule has 76 valence electrons. The fourth-order valence-corrected chi connectivity index (χ4v) is 1.73. The summed E-state index contributed by atoms with van der Waals surface area (Å²) in [5.74, 6) is -0.272. The zero-order valence-corrected chi connectivity index (χ0v) is 8.76. The van der Waals surface area contributed by atoms with Crippen molar-refractivity contribution in [3.05, 3.63) is 29.8 Å².